The van der Waals surface area contributed by atoms with Crippen LogP contribution in [0.2, 0.25) is 0 Å². The quantitative estimate of drug-likeness (QED) is 0.620. The van der Waals surface area contributed by atoms with Crippen LogP contribution in [0.15, 0.2) is 40.2 Å². The number of thioether (sulfide) groups is 1. The van der Waals surface area contributed by atoms with Crippen molar-refractivity contribution in [2.24, 2.45) is 11.7 Å². The first kappa shape index (κ1) is 21.9. The van der Waals surface area contributed by atoms with Gasteiger partial charge in [0.2, 0.25) is 11.8 Å². The zero-order valence-electron chi connectivity index (χ0n) is 17.3. The molecule has 172 valence electrons. The number of ether oxygens (including phenoxy) is 1. The van der Waals surface area contributed by atoms with Gasteiger partial charge < -0.3 is 15.4 Å². The first-order valence-corrected chi connectivity index (χ1v) is 12.1. The standard InChI is InChI=1S/C21H20N4O6S2/c22-20(29)25-17(27)14-13(11-4-2-1-3-5-11)16-19(32-15(14)18(25)28)24(21(30)33-16)10-12(26)23-6-8-31-9-7-23/h1-5,13-15H,6-10H2,(H2,22,29)/t13-,14+,15-/m0/s1. The van der Waals surface area contributed by atoms with Gasteiger partial charge in [0, 0.05) is 23.9 Å². The summed E-state index contributed by atoms with van der Waals surface area (Å²) in [6.07, 6.45) is 0. The lowest BCUT2D eigenvalue weighted by Gasteiger charge is -2.31. The number of primary amides is 1. The number of thiazole rings is 1. The average molecular weight is 489 g/mol. The van der Waals surface area contributed by atoms with E-state index in [1.54, 1.807) is 17.0 Å². The fourth-order valence-electron chi connectivity index (χ4n) is 4.54. The van der Waals surface area contributed by atoms with Crippen molar-refractivity contribution >= 4 is 46.9 Å². The van der Waals surface area contributed by atoms with Crippen molar-refractivity contribution in [3.63, 3.8) is 0 Å². The molecule has 10 nitrogen and oxygen atoms in total. The van der Waals surface area contributed by atoms with Crippen LogP contribution in [0.25, 0.3) is 0 Å². The second-order valence-corrected chi connectivity index (χ2v) is 10.0. The molecular weight excluding hydrogens is 468 g/mol. The van der Waals surface area contributed by atoms with Gasteiger partial charge in [0.1, 0.15) is 11.8 Å². The maximum atomic E-state index is 13.1. The van der Waals surface area contributed by atoms with E-state index in [4.69, 9.17) is 10.5 Å². The number of carbonyl (C=O) groups is 4. The Balaban J connectivity index is 1.58. The van der Waals surface area contributed by atoms with E-state index in [0.717, 1.165) is 28.7 Å². The van der Waals surface area contributed by atoms with Gasteiger partial charge in [-0.05, 0) is 5.56 Å². The van der Waals surface area contributed by atoms with Gasteiger partial charge in [-0.25, -0.2) is 4.79 Å². The highest BCUT2D eigenvalue weighted by Gasteiger charge is 2.57. The number of amides is 5. The summed E-state index contributed by atoms with van der Waals surface area (Å²) >= 11 is 2.02. The summed E-state index contributed by atoms with van der Waals surface area (Å²) in [4.78, 5) is 66.2. The Morgan fingerprint density at radius 3 is 2.42 bits per heavy atom. The van der Waals surface area contributed by atoms with Crippen LogP contribution >= 0.6 is 23.1 Å². The van der Waals surface area contributed by atoms with Crippen LogP contribution in [-0.2, 0) is 25.7 Å². The van der Waals surface area contributed by atoms with Crippen molar-refractivity contribution in [1.29, 1.82) is 0 Å². The molecule has 1 aromatic carbocycles. The van der Waals surface area contributed by atoms with Crippen LogP contribution in [0, 0.1) is 5.92 Å². The third kappa shape index (κ3) is 3.58. The summed E-state index contributed by atoms with van der Waals surface area (Å²) in [5, 5.41) is -0.435. The predicted octanol–water partition coefficient (Wildman–Crippen LogP) is 0.438. The highest BCUT2D eigenvalue weighted by Crippen LogP contribution is 2.53. The molecule has 3 atom stereocenters. The number of hydrogen-bond donors (Lipinski definition) is 1. The van der Waals surface area contributed by atoms with Gasteiger partial charge in [-0.2, -0.15) is 4.90 Å². The summed E-state index contributed by atoms with van der Waals surface area (Å²) in [5.74, 6) is -3.05. The van der Waals surface area contributed by atoms with E-state index in [1.807, 2.05) is 18.2 Å². The molecule has 1 aromatic heterocycles. The second kappa shape index (κ2) is 8.43. The van der Waals surface area contributed by atoms with Gasteiger partial charge in [0.15, 0.2) is 0 Å². The number of nitrogens with zero attached hydrogens (tertiary/aromatic N) is 3. The maximum Gasteiger partial charge on any atom is 0.328 e. The van der Waals surface area contributed by atoms with Crippen LogP contribution in [0.5, 0.6) is 0 Å². The Morgan fingerprint density at radius 2 is 1.76 bits per heavy atom. The van der Waals surface area contributed by atoms with Crippen molar-refractivity contribution in [2.75, 3.05) is 26.3 Å². The molecule has 3 aliphatic heterocycles. The van der Waals surface area contributed by atoms with Gasteiger partial charge in [0.25, 0.3) is 5.91 Å². The molecule has 33 heavy (non-hydrogen) atoms. The number of morpholine rings is 1. The van der Waals surface area contributed by atoms with Crippen LogP contribution in [0.3, 0.4) is 0 Å². The molecule has 4 heterocycles. The minimum absolute atomic E-state index is 0.168. The molecule has 0 radical (unpaired) electrons. The summed E-state index contributed by atoms with van der Waals surface area (Å²) in [6.45, 7) is 1.61. The molecule has 0 aliphatic carbocycles. The van der Waals surface area contributed by atoms with E-state index in [-0.39, 0.29) is 17.3 Å². The second-order valence-electron chi connectivity index (χ2n) is 7.92. The lowest BCUT2D eigenvalue weighted by Crippen LogP contribution is -2.43. The number of fused-ring (bicyclic) bond motifs is 2. The van der Waals surface area contributed by atoms with Crippen LogP contribution in [0.4, 0.5) is 4.79 Å². The first-order chi connectivity index (χ1) is 15.9. The van der Waals surface area contributed by atoms with Crippen molar-refractivity contribution in [1.82, 2.24) is 14.4 Å². The van der Waals surface area contributed by atoms with Gasteiger partial charge in [-0.1, -0.05) is 53.4 Å². The molecule has 5 rings (SSSR count). The van der Waals surface area contributed by atoms with Gasteiger partial charge in [-0.3, -0.25) is 23.7 Å². The maximum absolute atomic E-state index is 13.1. The van der Waals surface area contributed by atoms with E-state index in [2.05, 4.69) is 0 Å². The lowest BCUT2D eigenvalue weighted by molar-refractivity contribution is -0.137. The van der Waals surface area contributed by atoms with Crippen molar-refractivity contribution in [2.45, 2.75) is 22.7 Å². The van der Waals surface area contributed by atoms with Crippen molar-refractivity contribution in [3.8, 4) is 0 Å². The summed E-state index contributed by atoms with van der Waals surface area (Å²) in [6, 6.07) is 7.96. The van der Waals surface area contributed by atoms with Gasteiger partial charge in [0.05, 0.1) is 24.2 Å². The topological polar surface area (TPSA) is 132 Å². The Labute approximate surface area is 196 Å². The molecular formula is C21H20N4O6S2. The fraction of sp³-hybridized carbons (Fsp3) is 0.381. The number of benzene rings is 1. The van der Waals surface area contributed by atoms with Crippen LogP contribution in [-0.4, -0.2) is 69.7 Å². The molecule has 0 saturated carbocycles. The molecule has 3 aliphatic rings. The molecule has 2 aromatic rings. The number of imide groups is 3. The Bertz CT molecular complexity index is 1200. The lowest BCUT2D eigenvalue weighted by atomic mass is 9.83. The summed E-state index contributed by atoms with van der Waals surface area (Å²) in [5.41, 5.74) is 6.07. The molecule has 0 spiro atoms. The predicted molar refractivity (Wildman–Crippen MR) is 119 cm³/mol. The van der Waals surface area contributed by atoms with Gasteiger partial charge >= 0.3 is 10.9 Å². The van der Waals surface area contributed by atoms with Crippen molar-refractivity contribution < 1.29 is 23.9 Å². The van der Waals surface area contributed by atoms with E-state index in [1.165, 1.54) is 4.57 Å². The molecule has 2 N–H and O–H groups in total. The average Bonchev–Trinajstić information content (AvgIpc) is 3.26. The minimum Gasteiger partial charge on any atom is -0.378 e. The van der Waals surface area contributed by atoms with Gasteiger partial charge in [-0.15, -0.1) is 0 Å². The number of nitrogens with two attached hydrogens (primary N) is 1. The smallest absolute Gasteiger partial charge is 0.328 e. The number of urea groups is 1. The SMILES string of the molecule is NC(=O)N1C(=O)[C@@H]2[C@H](c3ccccc3)c3sc(=O)n(CC(=O)N4CCOCC4)c3S[C@@H]2C1=O. The van der Waals surface area contributed by atoms with E-state index < -0.39 is 34.9 Å². The van der Waals surface area contributed by atoms with E-state index >= 15 is 0 Å². The third-order valence-electron chi connectivity index (χ3n) is 6.09. The third-order valence-corrected chi connectivity index (χ3v) is 8.69. The highest BCUT2D eigenvalue weighted by atomic mass is 32.2. The van der Waals surface area contributed by atoms with Crippen LogP contribution in [0.1, 0.15) is 16.4 Å². The monoisotopic (exact) mass is 488 g/mol. The Hall–Kier alpha value is -2.96. The molecule has 2 fully saturated rings. The molecule has 0 unspecified atom stereocenters. The van der Waals surface area contributed by atoms with Crippen LogP contribution < -0.4 is 10.6 Å². The van der Waals surface area contributed by atoms with E-state index in [9.17, 15) is 24.0 Å². The van der Waals surface area contributed by atoms with E-state index in [0.29, 0.717) is 41.1 Å². The largest absolute Gasteiger partial charge is 0.378 e. The Kier molecular flexibility index (Phi) is 5.59. The molecule has 12 heteroatoms. The van der Waals surface area contributed by atoms with Crippen molar-refractivity contribution in [3.05, 3.63) is 50.4 Å². The number of rotatable bonds is 3. The normalized spacial score (nSPS) is 24.5. The highest BCUT2D eigenvalue weighted by molar-refractivity contribution is 8.00. The number of likely N-dealkylation sites (tertiary alicyclic amines) is 1. The number of hydrogen-bond acceptors (Lipinski definition) is 8. The first-order valence-electron chi connectivity index (χ1n) is 10.4. The molecule has 2 saturated heterocycles. The molecule has 0 bridgehead atoms. The summed E-state index contributed by atoms with van der Waals surface area (Å²) in [7, 11) is 0. The minimum atomic E-state index is -1.12. The number of aromatic nitrogens is 1. The Morgan fingerprint density at radius 1 is 1.06 bits per heavy atom. The molecule has 5 amide bonds. The summed E-state index contributed by atoms with van der Waals surface area (Å²) < 4.78 is 6.66. The zero-order chi connectivity index (χ0) is 23.3. The fourth-order valence-corrected chi connectivity index (χ4v) is 7.31. The number of carbonyl (C=O) groups excluding carboxylic acids is 4. The zero-order valence-corrected chi connectivity index (χ0v) is 19.0.